The topological polar surface area (TPSA) is 90.5 Å². The minimum absolute atomic E-state index is 0. The number of rotatable bonds is 3. The van der Waals surface area contributed by atoms with E-state index in [4.69, 9.17) is 11.1 Å². The second kappa shape index (κ2) is 7.76. The van der Waals surface area contributed by atoms with Crippen LogP contribution in [0.2, 0.25) is 0 Å². The second-order valence-corrected chi connectivity index (χ2v) is 6.35. The Balaban J connectivity index is 0.00000220. The first-order valence-electron chi connectivity index (χ1n) is 6.31. The number of halogens is 1. The number of sulfonamides is 1. The predicted molar refractivity (Wildman–Crippen MR) is 94.9 cm³/mol. The summed E-state index contributed by atoms with van der Waals surface area (Å²) in [5, 5.41) is 8.55. The van der Waals surface area contributed by atoms with Gasteiger partial charge in [-0.3, -0.25) is 5.41 Å². The number of benzene rings is 1. The number of hydrogen-bond acceptors (Lipinski definition) is 3. The lowest BCUT2D eigenvalue weighted by Crippen LogP contribution is -2.51. The van der Waals surface area contributed by atoms with Crippen molar-refractivity contribution in [2.24, 2.45) is 5.73 Å². The molecular weight excluding hydrogens is 403 g/mol. The normalized spacial score (nSPS) is 16.7. The molecule has 6 nitrogen and oxygen atoms in total. The van der Waals surface area contributed by atoms with Gasteiger partial charge in [-0.25, -0.2) is 8.42 Å². The Morgan fingerprint density at radius 3 is 2.24 bits per heavy atom. The summed E-state index contributed by atoms with van der Waals surface area (Å²) in [5.41, 5.74) is 6.23. The standard InChI is InChI=1S/C13H18N4O2S.HI/c14-13(15)16-7-9-17(10-8-16)20(18,19)11-6-12-4-2-1-3-5-12;/h1-6,11H,7-10H2,(H3,14,15);1H/b11-6+;. The third kappa shape index (κ3) is 4.97. The van der Waals surface area contributed by atoms with E-state index in [2.05, 4.69) is 0 Å². The largest absolute Gasteiger partial charge is 0.370 e. The summed E-state index contributed by atoms with van der Waals surface area (Å²) in [5.74, 6) is -0.0122. The van der Waals surface area contributed by atoms with Crippen LogP contribution in [0.5, 0.6) is 0 Å². The molecule has 0 bridgehead atoms. The van der Waals surface area contributed by atoms with Crippen molar-refractivity contribution in [1.82, 2.24) is 9.21 Å². The quantitative estimate of drug-likeness (QED) is 0.434. The van der Waals surface area contributed by atoms with E-state index in [1.54, 1.807) is 11.0 Å². The highest BCUT2D eigenvalue weighted by atomic mass is 127. The Labute approximate surface area is 142 Å². The molecule has 3 N–H and O–H groups in total. The maximum atomic E-state index is 12.2. The van der Waals surface area contributed by atoms with Gasteiger partial charge in [0, 0.05) is 31.6 Å². The molecule has 0 aliphatic carbocycles. The summed E-state index contributed by atoms with van der Waals surface area (Å²) in [6.07, 6.45) is 1.59. The van der Waals surface area contributed by atoms with E-state index in [1.807, 2.05) is 30.3 Å². The van der Waals surface area contributed by atoms with Gasteiger partial charge in [0.25, 0.3) is 0 Å². The molecule has 1 aromatic carbocycles. The number of guanidine groups is 1. The van der Waals surface area contributed by atoms with E-state index >= 15 is 0 Å². The van der Waals surface area contributed by atoms with Gasteiger partial charge >= 0.3 is 0 Å². The van der Waals surface area contributed by atoms with Crippen molar-refractivity contribution in [3.8, 4) is 0 Å². The fraction of sp³-hybridized carbons (Fsp3) is 0.308. The van der Waals surface area contributed by atoms with Crippen molar-refractivity contribution in [3.63, 3.8) is 0 Å². The zero-order valence-electron chi connectivity index (χ0n) is 11.5. The van der Waals surface area contributed by atoms with Gasteiger partial charge in [0.1, 0.15) is 0 Å². The van der Waals surface area contributed by atoms with Gasteiger partial charge in [-0.15, -0.1) is 24.0 Å². The molecule has 1 fully saturated rings. The van der Waals surface area contributed by atoms with Crippen molar-refractivity contribution in [2.75, 3.05) is 26.2 Å². The van der Waals surface area contributed by atoms with Crippen LogP contribution in [0.15, 0.2) is 35.7 Å². The molecule has 0 saturated carbocycles. The molecule has 0 amide bonds. The summed E-state index contributed by atoms with van der Waals surface area (Å²) < 4.78 is 25.8. The molecule has 0 atom stereocenters. The van der Waals surface area contributed by atoms with Crippen molar-refractivity contribution in [3.05, 3.63) is 41.3 Å². The Bertz CT molecular complexity index is 596. The van der Waals surface area contributed by atoms with E-state index in [1.165, 1.54) is 9.71 Å². The summed E-state index contributed by atoms with van der Waals surface area (Å²) in [6, 6.07) is 9.29. The average molecular weight is 422 g/mol. The van der Waals surface area contributed by atoms with Crippen LogP contribution in [0.4, 0.5) is 0 Å². The molecule has 2 rings (SSSR count). The first kappa shape index (κ1) is 17.9. The zero-order chi connectivity index (χ0) is 14.6. The molecule has 0 aromatic heterocycles. The minimum Gasteiger partial charge on any atom is -0.370 e. The molecule has 1 aromatic rings. The fourth-order valence-corrected chi connectivity index (χ4v) is 3.17. The Hall–Kier alpha value is -1.13. The van der Waals surface area contributed by atoms with E-state index < -0.39 is 10.0 Å². The molecule has 0 spiro atoms. The molecule has 8 heteroatoms. The van der Waals surface area contributed by atoms with Crippen molar-refractivity contribution in [2.45, 2.75) is 0 Å². The molecule has 0 radical (unpaired) electrons. The van der Waals surface area contributed by atoms with Crippen molar-refractivity contribution < 1.29 is 8.42 Å². The maximum absolute atomic E-state index is 12.2. The zero-order valence-corrected chi connectivity index (χ0v) is 14.6. The second-order valence-electron chi connectivity index (χ2n) is 4.53. The fourth-order valence-electron chi connectivity index (χ4n) is 2.00. The van der Waals surface area contributed by atoms with Gasteiger partial charge < -0.3 is 10.6 Å². The molecule has 1 aliphatic heterocycles. The van der Waals surface area contributed by atoms with Gasteiger partial charge in [-0.05, 0) is 11.6 Å². The highest BCUT2D eigenvalue weighted by Crippen LogP contribution is 2.11. The van der Waals surface area contributed by atoms with Gasteiger partial charge in [0.15, 0.2) is 5.96 Å². The molecule has 0 unspecified atom stereocenters. The summed E-state index contributed by atoms with van der Waals surface area (Å²) >= 11 is 0. The smallest absolute Gasteiger partial charge is 0.236 e. The summed E-state index contributed by atoms with van der Waals surface area (Å²) in [7, 11) is -3.42. The molecule has 1 heterocycles. The van der Waals surface area contributed by atoms with Gasteiger partial charge in [-0.2, -0.15) is 4.31 Å². The van der Waals surface area contributed by atoms with E-state index in [9.17, 15) is 8.42 Å². The minimum atomic E-state index is -3.42. The maximum Gasteiger partial charge on any atom is 0.236 e. The molecule has 116 valence electrons. The number of hydrogen-bond donors (Lipinski definition) is 2. The SMILES string of the molecule is I.N=C(N)N1CCN(S(=O)(=O)/C=C/c2ccccc2)CC1. The van der Waals surface area contributed by atoms with Crippen molar-refractivity contribution in [1.29, 1.82) is 5.41 Å². The van der Waals surface area contributed by atoms with Crippen LogP contribution in [-0.2, 0) is 10.0 Å². The Kier molecular flexibility index (Phi) is 6.62. The van der Waals surface area contributed by atoms with E-state index in [0.29, 0.717) is 26.2 Å². The summed E-state index contributed by atoms with van der Waals surface area (Å²) in [4.78, 5) is 1.66. The average Bonchev–Trinajstić information content (AvgIpc) is 2.46. The Morgan fingerprint density at radius 2 is 1.71 bits per heavy atom. The lowest BCUT2D eigenvalue weighted by molar-refractivity contribution is 0.265. The monoisotopic (exact) mass is 422 g/mol. The third-order valence-corrected chi connectivity index (χ3v) is 4.74. The van der Waals surface area contributed by atoms with Crippen LogP contribution in [0.3, 0.4) is 0 Å². The molecule has 21 heavy (non-hydrogen) atoms. The first-order valence-corrected chi connectivity index (χ1v) is 7.81. The van der Waals surface area contributed by atoms with Crippen LogP contribution < -0.4 is 5.73 Å². The molecule has 1 saturated heterocycles. The third-order valence-electron chi connectivity index (χ3n) is 3.17. The molecular formula is C13H19IN4O2S. The van der Waals surface area contributed by atoms with Gasteiger partial charge in [0.2, 0.25) is 10.0 Å². The molecule has 1 aliphatic rings. The lowest BCUT2D eigenvalue weighted by atomic mass is 10.2. The van der Waals surface area contributed by atoms with Crippen LogP contribution in [0.25, 0.3) is 6.08 Å². The highest BCUT2D eigenvalue weighted by molar-refractivity contribution is 14.0. The van der Waals surface area contributed by atoms with Crippen LogP contribution >= 0.6 is 24.0 Å². The lowest BCUT2D eigenvalue weighted by Gasteiger charge is -2.33. The van der Waals surface area contributed by atoms with Crippen LogP contribution in [0.1, 0.15) is 5.56 Å². The van der Waals surface area contributed by atoms with Gasteiger partial charge in [0.05, 0.1) is 0 Å². The highest BCUT2D eigenvalue weighted by Gasteiger charge is 2.25. The van der Waals surface area contributed by atoms with Gasteiger partial charge in [-0.1, -0.05) is 30.3 Å². The number of nitrogens with two attached hydrogens (primary N) is 1. The Morgan fingerprint density at radius 1 is 1.14 bits per heavy atom. The van der Waals surface area contributed by atoms with Crippen LogP contribution in [0, 0.1) is 5.41 Å². The first-order chi connectivity index (χ1) is 9.49. The van der Waals surface area contributed by atoms with E-state index in [0.717, 1.165) is 5.56 Å². The number of nitrogens with zero attached hydrogens (tertiary/aromatic N) is 2. The summed E-state index contributed by atoms with van der Waals surface area (Å²) in [6.45, 7) is 1.60. The van der Waals surface area contributed by atoms with E-state index in [-0.39, 0.29) is 29.9 Å². The number of nitrogens with one attached hydrogen (secondary N) is 1. The van der Waals surface area contributed by atoms with Crippen LogP contribution in [-0.4, -0.2) is 49.8 Å². The number of piperazine rings is 1. The predicted octanol–water partition coefficient (Wildman–Crippen LogP) is 1.12. The van der Waals surface area contributed by atoms with Crippen molar-refractivity contribution >= 4 is 46.0 Å².